The summed E-state index contributed by atoms with van der Waals surface area (Å²) in [6, 6.07) is 2.94. The molecule has 11 heteroatoms. The Morgan fingerprint density at radius 3 is 2.75 bits per heavy atom. The first kappa shape index (κ1) is 18.3. The number of anilines is 1. The number of hydrogen-bond acceptors (Lipinski definition) is 7. The first-order chi connectivity index (χ1) is 13.6. The number of hydrogen-bond donors (Lipinski definition) is 2. The minimum atomic E-state index is -0.249. The molecule has 10 nitrogen and oxygen atoms in total. The smallest absolute Gasteiger partial charge is 0.321 e. The molecule has 0 spiro atoms. The van der Waals surface area contributed by atoms with Crippen molar-refractivity contribution in [2.45, 2.75) is 44.7 Å². The predicted molar refractivity (Wildman–Crippen MR) is 104 cm³/mol. The molecular weight excluding hydrogens is 380 g/mol. The quantitative estimate of drug-likeness (QED) is 0.690. The van der Waals surface area contributed by atoms with E-state index in [1.807, 2.05) is 6.92 Å². The van der Waals surface area contributed by atoms with Gasteiger partial charge in [-0.05, 0) is 38.7 Å². The highest BCUT2D eigenvalue weighted by atomic mass is 32.1. The second-order valence-electron chi connectivity index (χ2n) is 6.69. The molecule has 28 heavy (non-hydrogen) atoms. The van der Waals surface area contributed by atoms with Crippen LogP contribution in [0.15, 0.2) is 35.8 Å². The molecule has 0 aromatic carbocycles. The summed E-state index contributed by atoms with van der Waals surface area (Å²) in [4.78, 5) is 33.5. The van der Waals surface area contributed by atoms with E-state index in [-0.39, 0.29) is 23.7 Å². The predicted octanol–water partition coefficient (Wildman–Crippen LogP) is 1.89. The summed E-state index contributed by atoms with van der Waals surface area (Å²) in [5, 5.41) is 14.8. The van der Waals surface area contributed by atoms with Crippen molar-refractivity contribution in [2.24, 2.45) is 0 Å². The van der Waals surface area contributed by atoms with E-state index in [1.54, 1.807) is 18.6 Å². The summed E-state index contributed by atoms with van der Waals surface area (Å²) in [6.45, 7) is 1.94. The average Bonchev–Trinajstić information content (AvgIpc) is 3.35. The van der Waals surface area contributed by atoms with Crippen molar-refractivity contribution in [1.29, 1.82) is 0 Å². The van der Waals surface area contributed by atoms with Crippen molar-refractivity contribution in [3.8, 4) is 5.82 Å². The topological polar surface area (TPSA) is 120 Å². The highest BCUT2D eigenvalue weighted by molar-refractivity contribution is 7.15. The Morgan fingerprint density at radius 2 is 2.07 bits per heavy atom. The minimum absolute atomic E-state index is 0.00121. The van der Waals surface area contributed by atoms with E-state index in [0.717, 1.165) is 30.6 Å². The Morgan fingerprint density at radius 1 is 1.25 bits per heavy atom. The van der Waals surface area contributed by atoms with E-state index in [9.17, 15) is 9.59 Å². The average molecular weight is 400 g/mol. The zero-order valence-corrected chi connectivity index (χ0v) is 16.1. The van der Waals surface area contributed by atoms with Crippen LogP contribution in [0.4, 0.5) is 9.93 Å². The zero-order chi connectivity index (χ0) is 19.5. The maximum absolute atomic E-state index is 12.3. The maximum Gasteiger partial charge on any atom is 0.321 e. The third-order valence-corrected chi connectivity index (χ3v) is 5.51. The summed E-state index contributed by atoms with van der Waals surface area (Å²) in [7, 11) is 0. The van der Waals surface area contributed by atoms with Crippen LogP contribution in [0.1, 0.15) is 36.6 Å². The van der Waals surface area contributed by atoms with E-state index in [1.165, 1.54) is 33.1 Å². The maximum atomic E-state index is 12.3. The van der Waals surface area contributed by atoms with E-state index >= 15 is 0 Å². The van der Waals surface area contributed by atoms with Crippen molar-refractivity contribution in [3.05, 3.63) is 46.2 Å². The molecule has 2 N–H and O–H groups in total. The van der Waals surface area contributed by atoms with E-state index in [4.69, 9.17) is 0 Å². The van der Waals surface area contributed by atoms with E-state index in [2.05, 4.69) is 30.8 Å². The van der Waals surface area contributed by atoms with Crippen LogP contribution < -0.4 is 16.2 Å². The second-order valence-corrected chi connectivity index (χ2v) is 7.93. The molecule has 2 amide bonds. The SMILES string of the molecule is Cc1cnc(NC(=O)NC2CCC(n3nc(-n4cncn4)ccc3=O)CC2)s1. The molecule has 3 heterocycles. The molecule has 0 aliphatic heterocycles. The molecule has 1 aliphatic rings. The molecule has 3 aromatic heterocycles. The minimum Gasteiger partial charge on any atom is -0.335 e. The third-order valence-electron chi connectivity index (χ3n) is 4.68. The highest BCUT2D eigenvalue weighted by Crippen LogP contribution is 2.27. The lowest BCUT2D eigenvalue weighted by Crippen LogP contribution is -2.41. The molecule has 1 saturated carbocycles. The van der Waals surface area contributed by atoms with Gasteiger partial charge >= 0.3 is 6.03 Å². The van der Waals surface area contributed by atoms with Gasteiger partial charge in [-0.1, -0.05) is 0 Å². The summed E-state index contributed by atoms with van der Waals surface area (Å²) < 4.78 is 3.04. The standard InChI is InChI=1S/C17H20N8O2S/c1-11-8-19-17(28-11)22-16(27)21-12-2-4-13(5-3-12)25-15(26)7-6-14(23-25)24-10-18-9-20-24/h6-10,12-13H,2-5H2,1H3,(H2,19,21,22,27). The zero-order valence-electron chi connectivity index (χ0n) is 15.3. The third kappa shape index (κ3) is 4.09. The molecule has 1 aliphatic carbocycles. The number of nitrogens with one attached hydrogen (secondary N) is 2. The van der Waals surface area contributed by atoms with Gasteiger partial charge in [0.2, 0.25) is 0 Å². The van der Waals surface area contributed by atoms with Crippen molar-refractivity contribution in [1.82, 2.24) is 34.8 Å². The van der Waals surface area contributed by atoms with Gasteiger partial charge in [0.05, 0.1) is 6.04 Å². The molecule has 0 saturated heterocycles. The Kier molecular flexibility index (Phi) is 5.15. The van der Waals surface area contributed by atoms with Crippen LogP contribution in [0.2, 0.25) is 0 Å². The number of nitrogens with zero attached hydrogens (tertiary/aromatic N) is 6. The van der Waals surface area contributed by atoms with Gasteiger partial charge in [-0.15, -0.1) is 16.4 Å². The van der Waals surface area contributed by atoms with Crippen LogP contribution in [0.3, 0.4) is 0 Å². The number of urea groups is 1. The lowest BCUT2D eigenvalue weighted by atomic mass is 9.91. The number of rotatable bonds is 4. The summed E-state index contributed by atoms with van der Waals surface area (Å²) >= 11 is 1.44. The molecule has 0 radical (unpaired) electrons. The molecule has 4 rings (SSSR count). The van der Waals surface area contributed by atoms with Crippen LogP contribution in [0.25, 0.3) is 5.82 Å². The second kappa shape index (κ2) is 7.89. The van der Waals surface area contributed by atoms with Gasteiger partial charge in [0.25, 0.3) is 5.56 Å². The Hall–Kier alpha value is -3.08. The van der Waals surface area contributed by atoms with Crippen molar-refractivity contribution >= 4 is 22.5 Å². The number of carbonyl (C=O) groups excluding carboxylic acids is 1. The normalized spacial score (nSPS) is 19.3. The fourth-order valence-electron chi connectivity index (χ4n) is 3.32. The van der Waals surface area contributed by atoms with Crippen molar-refractivity contribution in [3.63, 3.8) is 0 Å². The van der Waals surface area contributed by atoms with Crippen LogP contribution in [0, 0.1) is 6.92 Å². The Bertz CT molecular complexity index is 1000. The van der Waals surface area contributed by atoms with Crippen LogP contribution in [-0.2, 0) is 0 Å². The Balaban J connectivity index is 1.36. The summed E-state index contributed by atoms with van der Waals surface area (Å²) in [6.07, 6.45) is 7.76. The van der Waals surface area contributed by atoms with Gasteiger partial charge in [-0.3, -0.25) is 10.1 Å². The van der Waals surface area contributed by atoms with Gasteiger partial charge in [0.1, 0.15) is 12.7 Å². The molecule has 1 fully saturated rings. The number of carbonyl (C=O) groups is 1. The first-order valence-corrected chi connectivity index (χ1v) is 9.85. The molecule has 3 aromatic rings. The summed E-state index contributed by atoms with van der Waals surface area (Å²) in [5.41, 5.74) is -0.142. The van der Waals surface area contributed by atoms with Gasteiger partial charge < -0.3 is 5.32 Å². The Labute approximate surface area is 164 Å². The van der Waals surface area contributed by atoms with Crippen LogP contribution >= 0.6 is 11.3 Å². The van der Waals surface area contributed by atoms with Crippen molar-refractivity contribution < 1.29 is 4.79 Å². The fourth-order valence-corrected chi connectivity index (χ4v) is 3.98. The van der Waals surface area contributed by atoms with Gasteiger partial charge in [0, 0.05) is 23.2 Å². The van der Waals surface area contributed by atoms with Crippen LogP contribution in [0.5, 0.6) is 0 Å². The lowest BCUT2D eigenvalue weighted by Gasteiger charge is -2.29. The van der Waals surface area contributed by atoms with Gasteiger partial charge in [0.15, 0.2) is 10.9 Å². The molecule has 0 bridgehead atoms. The van der Waals surface area contributed by atoms with Crippen LogP contribution in [-0.4, -0.2) is 41.6 Å². The van der Waals surface area contributed by atoms with E-state index < -0.39 is 0 Å². The number of amides is 2. The number of aryl methyl sites for hydroxylation is 1. The fraction of sp³-hybridized carbons (Fsp3) is 0.412. The molecule has 0 unspecified atom stereocenters. The monoisotopic (exact) mass is 400 g/mol. The van der Waals surface area contributed by atoms with Crippen molar-refractivity contribution in [2.75, 3.05) is 5.32 Å². The summed E-state index contributed by atoms with van der Waals surface area (Å²) in [5.74, 6) is 0.551. The first-order valence-electron chi connectivity index (χ1n) is 9.03. The van der Waals surface area contributed by atoms with Gasteiger partial charge in [-0.2, -0.15) is 5.10 Å². The molecular formula is C17H20N8O2S. The largest absolute Gasteiger partial charge is 0.335 e. The number of thiazole rings is 1. The van der Waals surface area contributed by atoms with Gasteiger partial charge in [-0.25, -0.2) is 24.1 Å². The molecule has 146 valence electrons. The molecule has 0 atom stereocenters. The lowest BCUT2D eigenvalue weighted by molar-refractivity contribution is 0.234. The van der Waals surface area contributed by atoms with E-state index in [0.29, 0.717) is 10.9 Å². The highest BCUT2D eigenvalue weighted by Gasteiger charge is 2.25. The number of aromatic nitrogens is 6.